The van der Waals surface area contributed by atoms with Gasteiger partial charge in [0, 0.05) is 23.1 Å². The van der Waals surface area contributed by atoms with Crippen LogP contribution in [-0.4, -0.2) is 21.6 Å². The van der Waals surface area contributed by atoms with Gasteiger partial charge in [-0.25, -0.2) is 0 Å². The molecule has 0 radical (unpaired) electrons. The van der Waals surface area contributed by atoms with E-state index in [0.717, 1.165) is 11.4 Å². The standard InChI is InChI=1S/C13H20N2O2/c1-9-8-10(6-7-14-9)15-13(4,5)12(2,3)11(16)17/h6-8H,1-5H3,(H,14,15)(H,16,17). The summed E-state index contributed by atoms with van der Waals surface area (Å²) in [5, 5.41) is 12.5. The molecule has 0 bridgehead atoms. The average molecular weight is 236 g/mol. The molecule has 0 amide bonds. The second kappa shape index (κ2) is 4.35. The maximum atomic E-state index is 11.3. The van der Waals surface area contributed by atoms with Gasteiger partial charge in [-0.1, -0.05) is 0 Å². The highest BCUT2D eigenvalue weighted by atomic mass is 16.4. The number of aliphatic carboxylic acids is 1. The van der Waals surface area contributed by atoms with Crippen molar-refractivity contribution < 1.29 is 9.90 Å². The van der Waals surface area contributed by atoms with Gasteiger partial charge in [0.1, 0.15) is 0 Å². The van der Waals surface area contributed by atoms with Crippen LogP contribution in [0.1, 0.15) is 33.4 Å². The van der Waals surface area contributed by atoms with Crippen molar-refractivity contribution in [1.29, 1.82) is 0 Å². The minimum Gasteiger partial charge on any atom is -0.481 e. The minimum atomic E-state index is -0.871. The number of aromatic nitrogens is 1. The number of carbonyl (C=O) groups is 1. The first kappa shape index (κ1) is 13.5. The summed E-state index contributed by atoms with van der Waals surface area (Å²) in [7, 11) is 0. The molecule has 1 rings (SSSR count). The maximum Gasteiger partial charge on any atom is 0.311 e. The molecule has 0 unspecified atom stereocenters. The Labute approximate surface area is 102 Å². The van der Waals surface area contributed by atoms with Crippen molar-refractivity contribution in [2.45, 2.75) is 40.2 Å². The second-order valence-corrected chi connectivity index (χ2v) is 5.37. The van der Waals surface area contributed by atoms with Crippen molar-refractivity contribution in [3.63, 3.8) is 0 Å². The molecule has 0 saturated carbocycles. The lowest BCUT2D eigenvalue weighted by Gasteiger charge is -2.39. The first-order valence-corrected chi connectivity index (χ1v) is 5.61. The van der Waals surface area contributed by atoms with E-state index in [1.165, 1.54) is 0 Å². The fourth-order valence-electron chi connectivity index (χ4n) is 1.41. The first-order chi connectivity index (χ1) is 7.67. The van der Waals surface area contributed by atoms with E-state index in [2.05, 4.69) is 10.3 Å². The van der Waals surface area contributed by atoms with Crippen LogP contribution in [0.25, 0.3) is 0 Å². The van der Waals surface area contributed by atoms with Gasteiger partial charge >= 0.3 is 5.97 Å². The van der Waals surface area contributed by atoms with Gasteiger partial charge in [-0.2, -0.15) is 0 Å². The van der Waals surface area contributed by atoms with Gasteiger partial charge in [-0.05, 0) is 46.8 Å². The number of hydrogen-bond donors (Lipinski definition) is 2. The van der Waals surface area contributed by atoms with Gasteiger partial charge in [0.05, 0.1) is 5.41 Å². The lowest BCUT2D eigenvalue weighted by Crippen LogP contribution is -2.50. The van der Waals surface area contributed by atoms with Crippen LogP contribution in [0.2, 0.25) is 0 Å². The third-order valence-electron chi connectivity index (χ3n) is 3.45. The number of rotatable bonds is 4. The van der Waals surface area contributed by atoms with Crippen molar-refractivity contribution in [3.05, 3.63) is 24.0 Å². The molecule has 0 saturated heterocycles. The lowest BCUT2D eigenvalue weighted by molar-refractivity contribution is -0.149. The molecule has 94 valence electrons. The molecule has 0 atom stereocenters. The highest BCUT2D eigenvalue weighted by molar-refractivity contribution is 5.76. The first-order valence-electron chi connectivity index (χ1n) is 5.61. The third kappa shape index (κ3) is 2.75. The molecule has 1 heterocycles. The smallest absolute Gasteiger partial charge is 0.311 e. The molecule has 0 fully saturated rings. The molecule has 0 spiro atoms. The molecular weight excluding hydrogens is 216 g/mol. The number of nitrogens with one attached hydrogen (secondary N) is 1. The van der Waals surface area contributed by atoms with Crippen molar-refractivity contribution >= 4 is 11.7 Å². The Morgan fingerprint density at radius 2 is 1.94 bits per heavy atom. The number of carboxylic acids is 1. The fourth-order valence-corrected chi connectivity index (χ4v) is 1.41. The SMILES string of the molecule is Cc1cc(NC(C)(C)C(C)(C)C(=O)O)ccn1. The second-order valence-electron chi connectivity index (χ2n) is 5.37. The van der Waals surface area contributed by atoms with E-state index in [1.54, 1.807) is 20.0 Å². The summed E-state index contributed by atoms with van der Waals surface area (Å²) >= 11 is 0. The van der Waals surface area contributed by atoms with Crippen LogP contribution in [0, 0.1) is 12.3 Å². The summed E-state index contributed by atoms with van der Waals surface area (Å²) < 4.78 is 0. The molecule has 0 aromatic carbocycles. The summed E-state index contributed by atoms with van der Waals surface area (Å²) in [5.74, 6) is -0.819. The zero-order valence-electron chi connectivity index (χ0n) is 11.0. The summed E-state index contributed by atoms with van der Waals surface area (Å²) in [6, 6.07) is 3.74. The van der Waals surface area contributed by atoms with Crippen LogP contribution >= 0.6 is 0 Å². The molecule has 4 heteroatoms. The summed E-state index contributed by atoms with van der Waals surface area (Å²) in [6.07, 6.45) is 1.71. The average Bonchev–Trinajstić information content (AvgIpc) is 2.16. The van der Waals surface area contributed by atoms with Crippen molar-refractivity contribution in [2.24, 2.45) is 5.41 Å². The molecule has 0 aliphatic rings. The predicted octanol–water partition coefficient (Wildman–Crippen LogP) is 2.69. The van der Waals surface area contributed by atoms with Gasteiger partial charge in [0.15, 0.2) is 0 Å². The van der Waals surface area contributed by atoms with Crippen molar-refractivity contribution in [1.82, 2.24) is 4.98 Å². The largest absolute Gasteiger partial charge is 0.481 e. The monoisotopic (exact) mass is 236 g/mol. The van der Waals surface area contributed by atoms with Crippen LogP contribution < -0.4 is 5.32 Å². The third-order valence-corrected chi connectivity index (χ3v) is 3.45. The van der Waals surface area contributed by atoms with Crippen molar-refractivity contribution in [3.8, 4) is 0 Å². The zero-order valence-corrected chi connectivity index (χ0v) is 11.0. The Hall–Kier alpha value is -1.58. The fraction of sp³-hybridized carbons (Fsp3) is 0.538. The number of nitrogens with zero attached hydrogens (tertiary/aromatic N) is 1. The Balaban J connectivity index is 2.97. The van der Waals surface area contributed by atoms with Crippen LogP contribution in [-0.2, 0) is 4.79 Å². The Kier molecular flexibility index (Phi) is 3.45. The maximum absolute atomic E-state index is 11.3. The van der Waals surface area contributed by atoms with E-state index in [0.29, 0.717) is 0 Å². The molecule has 0 aliphatic heterocycles. The number of aryl methyl sites for hydroxylation is 1. The van der Waals surface area contributed by atoms with Crippen LogP contribution in [0.3, 0.4) is 0 Å². The Morgan fingerprint density at radius 3 is 2.41 bits per heavy atom. The summed E-state index contributed by atoms with van der Waals surface area (Å²) in [5.41, 5.74) is 0.354. The highest BCUT2D eigenvalue weighted by Gasteiger charge is 2.43. The van der Waals surface area contributed by atoms with E-state index in [-0.39, 0.29) is 0 Å². The topological polar surface area (TPSA) is 62.2 Å². The summed E-state index contributed by atoms with van der Waals surface area (Å²) in [4.78, 5) is 15.4. The molecule has 0 aliphatic carbocycles. The number of anilines is 1. The molecule has 1 aromatic heterocycles. The Morgan fingerprint density at radius 1 is 1.35 bits per heavy atom. The van der Waals surface area contributed by atoms with Gasteiger partial charge in [-0.3, -0.25) is 9.78 Å². The van der Waals surface area contributed by atoms with Gasteiger partial charge < -0.3 is 10.4 Å². The molecule has 4 nitrogen and oxygen atoms in total. The van der Waals surface area contributed by atoms with E-state index >= 15 is 0 Å². The van der Waals surface area contributed by atoms with Crippen LogP contribution in [0.5, 0.6) is 0 Å². The van der Waals surface area contributed by atoms with E-state index in [1.807, 2.05) is 32.9 Å². The molecule has 1 aromatic rings. The normalized spacial score (nSPS) is 12.3. The highest BCUT2D eigenvalue weighted by Crippen LogP contribution is 2.33. The Bertz CT molecular complexity index is 425. The van der Waals surface area contributed by atoms with Gasteiger partial charge in [0.2, 0.25) is 0 Å². The molecular formula is C13H20N2O2. The van der Waals surface area contributed by atoms with Gasteiger partial charge in [0.25, 0.3) is 0 Å². The number of carboxylic acid groups (broad SMARTS) is 1. The molecule has 17 heavy (non-hydrogen) atoms. The van der Waals surface area contributed by atoms with E-state index < -0.39 is 16.9 Å². The zero-order chi connectivity index (χ0) is 13.3. The van der Waals surface area contributed by atoms with Gasteiger partial charge in [-0.15, -0.1) is 0 Å². The van der Waals surface area contributed by atoms with Crippen LogP contribution in [0.4, 0.5) is 5.69 Å². The number of pyridine rings is 1. The van der Waals surface area contributed by atoms with E-state index in [4.69, 9.17) is 0 Å². The number of hydrogen-bond acceptors (Lipinski definition) is 3. The minimum absolute atomic E-state index is 0.563. The van der Waals surface area contributed by atoms with Crippen molar-refractivity contribution in [2.75, 3.05) is 5.32 Å². The van der Waals surface area contributed by atoms with Crippen LogP contribution in [0.15, 0.2) is 18.3 Å². The quantitative estimate of drug-likeness (QED) is 0.843. The van der Waals surface area contributed by atoms with E-state index in [9.17, 15) is 9.90 Å². The lowest BCUT2D eigenvalue weighted by atomic mass is 9.74. The predicted molar refractivity (Wildman–Crippen MR) is 68.1 cm³/mol. The summed E-state index contributed by atoms with van der Waals surface area (Å²) in [6.45, 7) is 9.11. The molecule has 2 N–H and O–H groups in total.